The number of carbonyl (C=O) groups is 1. The monoisotopic (exact) mass is 271 g/mol. The molecular formula is C14H13N3O3. The van der Waals surface area contributed by atoms with Crippen LogP contribution in [0.2, 0.25) is 0 Å². The maximum absolute atomic E-state index is 10.8. The van der Waals surface area contributed by atoms with Crippen LogP contribution < -0.4 is 10.1 Å². The van der Waals surface area contributed by atoms with Gasteiger partial charge in [0.2, 0.25) is 5.88 Å². The summed E-state index contributed by atoms with van der Waals surface area (Å²) >= 11 is 0. The molecule has 0 aliphatic heterocycles. The van der Waals surface area contributed by atoms with Crippen LogP contribution in [0.5, 0.6) is 5.88 Å². The van der Waals surface area contributed by atoms with Crippen molar-refractivity contribution in [3.8, 4) is 5.88 Å². The van der Waals surface area contributed by atoms with E-state index in [1.807, 2.05) is 0 Å². The van der Waals surface area contributed by atoms with Crippen molar-refractivity contribution >= 4 is 17.5 Å². The van der Waals surface area contributed by atoms with Crippen LogP contribution in [0.15, 0.2) is 36.7 Å². The normalized spacial score (nSPS) is 13.8. The molecule has 102 valence electrons. The molecule has 2 N–H and O–H groups in total. The average molecular weight is 271 g/mol. The van der Waals surface area contributed by atoms with E-state index in [1.165, 1.54) is 18.5 Å². The Hall–Kier alpha value is -2.63. The third-order valence-electron chi connectivity index (χ3n) is 2.86. The summed E-state index contributed by atoms with van der Waals surface area (Å²) in [4.78, 5) is 18.9. The minimum atomic E-state index is -0.946. The molecule has 0 atom stereocenters. The molecule has 2 aromatic rings. The van der Waals surface area contributed by atoms with Crippen molar-refractivity contribution in [1.29, 1.82) is 0 Å². The number of nitrogens with zero attached hydrogens (tertiary/aromatic N) is 2. The lowest BCUT2D eigenvalue weighted by Gasteiger charge is -2.07. The van der Waals surface area contributed by atoms with E-state index >= 15 is 0 Å². The first-order valence-corrected chi connectivity index (χ1v) is 6.30. The highest BCUT2D eigenvalue weighted by molar-refractivity contribution is 5.88. The summed E-state index contributed by atoms with van der Waals surface area (Å²) in [6.07, 6.45) is 3.87. The molecule has 0 saturated heterocycles. The summed E-state index contributed by atoms with van der Waals surface area (Å²) in [5, 5.41) is 11.9. The number of aromatic nitrogens is 2. The van der Waals surface area contributed by atoms with Crippen LogP contribution >= 0.6 is 0 Å². The number of carboxylic acids is 1. The predicted molar refractivity (Wildman–Crippen MR) is 72.4 cm³/mol. The number of aromatic carboxylic acids is 1. The number of ether oxygens (including phenoxy) is 1. The lowest BCUT2D eigenvalue weighted by molar-refractivity contribution is 0.0697. The SMILES string of the molecule is O=C(O)c1ccc(Nc2cc(OC3CC3)ncn2)cc1. The van der Waals surface area contributed by atoms with Gasteiger partial charge in [0.15, 0.2) is 0 Å². The highest BCUT2D eigenvalue weighted by atomic mass is 16.5. The number of hydrogen-bond donors (Lipinski definition) is 2. The zero-order chi connectivity index (χ0) is 13.9. The molecule has 1 aromatic heterocycles. The van der Waals surface area contributed by atoms with E-state index < -0.39 is 5.97 Å². The van der Waals surface area contributed by atoms with Crippen LogP contribution in [0.25, 0.3) is 0 Å². The first kappa shape index (κ1) is 12.4. The molecule has 0 radical (unpaired) electrons. The summed E-state index contributed by atoms with van der Waals surface area (Å²) < 4.78 is 5.59. The first-order chi connectivity index (χ1) is 9.70. The first-order valence-electron chi connectivity index (χ1n) is 6.30. The maximum atomic E-state index is 10.8. The summed E-state index contributed by atoms with van der Waals surface area (Å²) in [6, 6.07) is 8.17. The Balaban J connectivity index is 1.71. The number of hydrogen-bond acceptors (Lipinski definition) is 5. The molecule has 1 aromatic carbocycles. The Bertz CT molecular complexity index is 624. The van der Waals surface area contributed by atoms with Gasteiger partial charge in [0.25, 0.3) is 0 Å². The number of carboxylic acid groups (broad SMARTS) is 1. The van der Waals surface area contributed by atoms with Crippen molar-refractivity contribution in [1.82, 2.24) is 9.97 Å². The number of rotatable bonds is 5. The average Bonchev–Trinajstić information content (AvgIpc) is 3.24. The molecule has 1 saturated carbocycles. The summed E-state index contributed by atoms with van der Waals surface area (Å²) in [7, 11) is 0. The number of benzene rings is 1. The summed E-state index contributed by atoms with van der Waals surface area (Å²) in [5.74, 6) is 0.213. The fourth-order valence-corrected chi connectivity index (χ4v) is 1.67. The van der Waals surface area contributed by atoms with Crippen molar-refractivity contribution in [2.24, 2.45) is 0 Å². The maximum Gasteiger partial charge on any atom is 0.335 e. The second kappa shape index (κ2) is 5.16. The lowest BCUT2D eigenvalue weighted by atomic mass is 10.2. The van der Waals surface area contributed by atoms with Crippen LogP contribution in [-0.2, 0) is 0 Å². The Kier molecular flexibility index (Phi) is 3.20. The Morgan fingerprint density at radius 2 is 2.00 bits per heavy atom. The van der Waals surface area contributed by atoms with Crippen molar-refractivity contribution in [2.45, 2.75) is 18.9 Å². The quantitative estimate of drug-likeness (QED) is 0.869. The molecule has 0 amide bonds. The fraction of sp³-hybridized carbons (Fsp3) is 0.214. The molecular weight excluding hydrogens is 258 g/mol. The smallest absolute Gasteiger partial charge is 0.335 e. The minimum absolute atomic E-state index is 0.246. The van der Waals surface area contributed by atoms with Crippen molar-refractivity contribution in [3.05, 3.63) is 42.2 Å². The van der Waals surface area contributed by atoms with Crippen LogP contribution in [-0.4, -0.2) is 27.1 Å². The highest BCUT2D eigenvalue weighted by Gasteiger charge is 2.24. The zero-order valence-electron chi connectivity index (χ0n) is 10.6. The third-order valence-corrected chi connectivity index (χ3v) is 2.86. The Morgan fingerprint density at radius 3 is 2.65 bits per heavy atom. The van der Waals surface area contributed by atoms with E-state index in [2.05, 4.69) is 15.3 Å². The second-order valence-corrected chi connectivity index (χ2v) is 4.57. The third kappa shape index (κ3) is 3.03. The predicted octanol–water partition coefficient (Wildman–Crippen LogP) is 2.46. The van der Waals surface area contributed by atoms with E-state index in [0.29, 0.717) is 11.7 Å². The molecule has 1 aliphatic rings. The van der Waals surface area contributed by atoms with Crippen molar-refractivity contribution in [2.75, 3.05) is 5.32 Å². The summed E-state index contributed by atoms with van der Waals surface area (Å²) in [5.41, 5.74) is 1.00. The van der Waals surface area contributed by atoms with Crippen LogP contribution in [0.1, 0.15) is 23.2 Å². The number of nitrogens with one attached hydrogen (secondary N) is 1. The highest BCUT2D eigenvalue weighted by Crippen LogP contribution is 2.26. The minimum Gasteiger partial charge on any atom is -0.478 e. The summed E-state index contributed by atoms with van der Waals surface area (Å²) in [6.45, 7) is 0. The van der Waals surface area contributed by atoms with E-state index in [4.69, 9.17) is 9.84 Å². The largest absolute Gasteiger partial charge is 0.478 e. The van der Waals surface area contributed by atoms with Gasteiger partial charge in [-0.2, -0.15) is 0 Å². The topological polar surface area (TPSA) is 84.3 Å². The van der Waals surface area contributed by atoms with Gasteiger partial charge in [0.1, 0.15) is 18.2 Å². The second-order valence-electron chi connectivity index (χ2n) is 4.57. The van der Waals surface area contributed by atoms with Crippen molar-refractivity contribution in [3.63, 3.8) is 0 Å². The molecule has 1 fully saturated rings. The molecule has 6 nitrogen and oxygen atoms in total. The van der Waals surface area contributed by atoms with Gasteiger partial charge in [-0.25, -0.2) is 14.8 Å². The van der Waals surface area contributed by atoms with Crippen molar-refractivity contribution < 1.29 is 14.6 Å². The van der Waals surface area contributed by atoms with Crippen LogP contribution in [0.4, 0.5) is 11.5 Å². The zero-order valence-corrected chi connectivity index (χ0v) is 10.6. The van der Waals surface area contributed by atoms with E-state index in [-0.39, 0.29) is 11.7 Å². The standard InChI is InChI=1S/C14H13N3O3/c18-14(19)9-1-3-10(4-2-9)17-12-7-13(16-8-15-12)20-11-5-6-11/h1-4,7-8,11H,5-6H2,(H,18,19)(H,15,16,17). The fourth-order valence-electron chi connectivity index (χ4n) is 1.67. The van der Waals surface area contributed by atoms with Crippen LogP contribution in [0, 0.1) is 0 Å². The molecule has 20 heavy (non-hydrogen) atoms. The van der Waals surface area contributed by atoms with Gasteiger partial charge in [-0.3, -0.25) is 0 Å². The molecule has 3 rings (SSSR count). The molecule has 0 unspecified atom stereocenters. The van der Waals surface area contributed by atoms with E-state index in [1.54, 1.807) is 18.2 Å². The van der Waals surface area contributed by atoms with Gasteiger partial charge in [-0.1, -0.05) is 0 Å². The molecule has 0 bridgehead atoms. The van der Waals surface area contributed by atoms with E-state index in [0.717, 1.165) is 18.5 Å². The Labute approximate surface area is 115 Å². The van der Waals surface area contributed by atoms with Crippen LogP contribution in [0.3, 0.4) is 0 Å². The lowest BCUT2D eigenvalue weighted by Crippen LogP contribution is -2.01. The van der Waals surface area contributed by atoms with Gasteiger partial charge >= 0.3 is 5.97 Å². The van der Waals surface area contributed by atoms with E-state index in [9.17, 15) is 4.79 Å². The Morgan fingerprint density at radius 1 is 1.25 bits per heavy atom. The van der Waals surface area contributed by atoms with Gasteiger partial charge in [-0.05, 0) is 37.1 Å². The molecule has 1 heterocycles. The molecule has 0 spiro atoms. The molecule has 1 aliphatic carbocycles. The molecule has 6 heteroatoms. The van der Waals surface area contributed by atoms with Gasteiger partial charge in [0.05, 0.1) is 5.56 Å². The van der Waals surface area contributed by atoms with Gasteiger partial charge < -0.3 is 15.2 Å². The van der Waals surface area contributed by atoms with Gasteiger partial charge in [-0.15, -0.1) is 0 Å². The van der Waals surface area contributed by atoms with Gasteiger partial charge in [0, 0.05) is 11.8 Å². The number of anilines is 2.